The van der Waals surface area contributed by atoms with Crippen molar-refractivity contribution >= 4 is 16.6 Å². The van der Waals surface area contributed by atoms with Crippen molar-refractivity contribution in [3.8, 4) is 6.07 Å². The number of benzene rings is 1. The van der Waals surface area contributed by atoms with Crippen LogP contribution in [0.2, 0.25) is 0 Å². The Kier molecular flexibility index (Phi) is 3.52. The molecule has 2 aromatic rings. The Morgan fingerprint density at radius 3 is 2.96 bits per heavy atom. The normalized spacial score (nSPS) is 21.9. The Bertz CT molecular complexity index is 837. The van der Waals surface area contributed by atoms with E-state index in [1.807, 2.05) is 12.1 Å². The van der Waals surface area contributed by atoms with Crippen molar-refractivity contribution in [3.05, 3.63) is 40.2 Å². The van der Waals surface area contributed by atoms with Crippen LogP contribution in [0.25, 0.3) is 10.9 Å². The second-order valence-corrected chi connectivity index (χ2v) is 6.20. The van der Waals surface area contributed by atoms with E-state index in [2.05, 4.69) is 26.2 Å². The molecule has 23 heavy (non-hydrogen) atoms. The number of piperazine rings is 2. The highest BCUT2D eigenvalue weighted by molar-refractivity contribution is 5.95. The van der Waals surface area contributed by atoms with Gasteiger partial charge in [0.25, 0.3) is 0 Å². The minimum absolute atomic E-state index is 0.174. The van der Waals surface area contributed by atoms with E-state index in [4.69, 9.17) is 0 Å². The smallest absolute Gasteiger partial charge is 0.248 e. The highest BCUT2D eigenvalue weighted by atomic mass is 16.1. The molecule has 2 fully saturated rings. The number of aromatic nitrogens is 1. The Morgan fingerprint density at radius 2 is 2.09 bits per heavy atom. The molecule has 2 aliphatic rings. The van der Waals surface area contributed by atoms with Crippen LogP contribution in [0, 0.1) is 11.3 Å². The largest absolute Gasteiger partial charge is 0.368 e. The van der Waals surface area contributed by atoms with Gasteiger partial charge >= 0.3 is 0 Å². The number of pyridine rings is 1. The molecular formula is C17H19N5O. The zero-order valence-corrected chi connectivity index (χ0v) is 12.9. The van der Waals surface area contributed by atoms with Crippen molar-refractivity contribution in [2.75, 3.05) is 44.2 Å². The topological polar surface area (TPSA) is 75.2 Å². The van der Waals surface area contributed by atoms with Gasteiger partial charge in [-0.2, -0.15) is 5.26 Å². The molecule has 0 radical (unpaired) electrons. The fourth-order valence-electron chi connectivity index (χ4n) is 3.70. The molecule has 2 aliphatic heterocycles. The summed E-state index contributed by atoms with van der Waals surface area (Å²) in [6.07, 6.45) is 0. The molecule has 1 aromatic heterocycles. The molecule has 0 saturated carbocycles. The van der Waals surface area contributed by atoms with Gasteiger partial charge in [0.2, 0.25) is 5.56 Å². The van der Waals surface area contributed by atoms with Crippen LogP contribution >= 0.6 is 0 Å². The predicted octanol–water partition coefficient (Wildman–Crippen LogP) is 0.494. The average Bonchev–Trinajstić information content (AvgIpc) is 2.60. The molecule has 3 heterocycles. The zero-order chi connectivity index (χ0) is 15.8. The van der Waals surface area contributed by atoms with Crippen LogP contribution in [0.4, 0.5) is 5.69 Å². The maximum atomic E-state index is 11.6. The lowest BCUT2D eigenvalue weighted by atomic mass is 10.0. The first-order valence-electron chi connectivity index (χ1n) is 8.02. The van der Waals surface area contributed by atoms with Crippen molar-refractivity contribution in [2.45, 2.75) is 6.04 Å². The summed E-state index contributed by atoms with van der Waals surface area (Å²) in [5.41, 5.74) is 2.08. The number of hydrogen-bond donors (Lipinski definition) is 2. The summed E-state index contributed by atoms with van der Waals surface area (Å²) in [4.78, 5) is 19.4. The number of nitriles is 1. The van der Waals surface area contributed by atoms with Gasteiger partial charge in [0.15, 0.2) is 0 Å². The van der Waals surface area contributed by atoms with E-state index in [0.29, 0.717) is 17.1 Å². The fourth-order valence-corrected chi connectivity index (χ4v) is 3.70. The summed E-state index contributed by atoms with van der Waals surface area (Å²) < 4.78 is 0. The summed E-state index contributed by atoms with van der Waals surface area (Å²) in [7, 11) is 0. The second-order valence-electron chi connectivity index (χ2n) is 6.20. The van der Waals surface area contributed by atoms with Crippen molar-refractivity contribution in [1.29, 1.82) is 5.26 Å². The third-order valence-corrected chi connectivity index (χ3v) is 4.89. The van der Waals surface area contributed by atoms with E-state index >= 15 is 0 Å². The van der Waals surface area contributed by atoms with E-state index in [1.54, 1.807) is 6.07 Å². The summed E-state index contributed by atoms with van der Waals surface area (Å²) in [6.45, 7) is 6.18. The third-order valence-electron chi connectivity index (χ3n) is 4.89. The van der Waals surface area contributed by atoms with Crippen molar-refractivity contribution in [3.63, 3.8) is 0 Å². The monoisotopic (exact) mass is 309 g/mol. The maximum Gasteiger partial charge on any atom is 0.248 e. The fraction of sp³-hybridized carbons (Fsp3) is 0.412. The number of nitrogens with zero attached hydrogens (tertiary/aromatic N) is 3. The predicted molar refractivity (Wildman–Crippen MR) is 89.7 cm³/mol. The standard InChI is InChI=1S/C17H19N5O/c18-9-12-1-3-15(14-2-4-16(23)20-17(12)14)22-8-7-21-6-5-19-10-13(21)11-22/h1-4,13,19H,5-8,10-11H2,(H,20,23). The molecule has 1 atom stereocenters. The molecule has 2 saturated heterocycles. The second kappa shape index (κ2) is 5.69. The van der Waals surface area contributed by atoms with E-state index in [-0.39, 0.29) is 5.56 Å². The number of anilines is 1. The van der Waals surface area contributed by atoms with Gasteiger partial charge in [-0.15, -0.1) is 0 Å². The van der Waals surface area contributed by atoms with Crippen LogP contribution in [-0.4, -0.2) is 55.2 Å². The quantitative estimate of drug-likeness (QED) is 0.802. The number of hydrogen-bond acceptors (Lipinski definition) is 5. The first-order valence-corrected chi connectivity index (χ1v) is 8.02. The van der Waals surface area contributed by atoms with Crippen LogP contribution in [0.15, 0.2) is 29.1 Å². The molecule has 0 amide bonds. The highest BCUT2D eigenvalue weighted by Crippen LogP contribution is 2.29. The summed E-state index contributed by atoms with van der Waals surface area (Å²) in [5.74, 6) is 0. The van der Waals surface area contributed by atoms with Gasteiger partial charge in [0.05, 0.1) is 11.1 Å². The van der Waals surface area contributed by atoms with E-state index in [9.17, 15) is 10.1 Å². The van der Waals surface area contributed by atoms with Gasteiger partial charge in [-0.05, 0) is 18.2 Å². The van der Waals surface area contributed by atoms with Crippen LogP contribution < -0.4 is 15.8 Å². The molecule has 118 valence electrons. The Balaban J connectivity index is 1.75. The van der Waals surface area contributed by atoms with Crippen LogP contribution in [0.1, 0.15) is 5.56 Å². The van der Waals surface area contributed by atoms with E-state index < -0.39 is 0 Å². The number of nitrogens with one attached hydrogen (secondary N) is 2. The summed E-state index contributed by atoms with van der Waals surface area (Å²) in [6, 6.07) is 9.86. The van der Waals surface area contributed by atoms with Gasteiger partial charge in [-0.1, -0.05) is 0 Å². The average molecular weight is 309 g/mol. The molecule has 0 aliphatic carbocycles. The van der Waals surface area contributed by atoms with Crippen molar-refractivity contribution < 1.29 is 0 Å². The number of fused-ring (bicyclic) bond motifs is 2. The van der Waals surface area contributed by atoms with Gasteiger partial charge in [-0.3, -0.25) is 9.69 Å². The SMILES string of the molecule is N#Cc1ccc(N2CCN3CCNCC3C2)c2ccc(=O)[nH]c12. The molecular weight excluding hydrogens is 290 g/mol. The minimum Gasteiger partial charge on any atom is -0.368 e. The maximum absolute atomic E-state index is 11.6. The lowest BCUT2D eigenvalue weighted by Crippen LogP contribution is -2.61. The Labute approximate surface area is 134 Å². The summed E-state index contributed by atoms with van der Waals surface area (Å²) >= 11 is 0. The van der Waals surface area contributed by atoms with Crippen molar-refractivity contribution in [2.24, 2.45) is 0 Å². The van der Waals surface area contributed by atoms with Crippen molar-refractivity contribution in [1.82, 2.24) is 15.2 Å². The number of aromatic amines is 1. The van der Waals surface area contributed by atoms with Gasteiger partial charge in [0.1, 0.15) is 6.07 Å². The van der Waals surface area contributed by atoms with Gasteiger partial charge in [0, 0.05) is 62.5 Å². The minimum atomic E-state index is -0.174. The first kappa shape index (κ1) is 14.2. The first-order chi connectivity index (χ1) is 11.3. The molecule has 1 aromatic carbocycles. The Hall–Kier alpha value is -2.36. The van der Waals surface area contributed by atoms with Crippen LogP contribution in [0.5, 0.6) is 0 Å². The molecule has 0 spiro atoms. The lowest BCUT2D eigenvalue weighted by Gasteiger charge is -2.45. The number of rotatable bonds is 1. The van der Waals surface area contributed by atoms with Crippen LogP contribution in [-0.2, 0) is 0 Å². The van der Waals surface area contributed by atoms with Gasteiger partial charge < -0.3 is 15.2 Å². The number of H-pyrrole nitrogens is 1. The Morgan fingerprint density at radius 1 is 1.17 bits per heavy atom. The van der Waals surface area contributed by atoms with Gasteiger partial charge in [-0.25, -0.2) is 0 Å². The molecule has 6 nitrogen and oxygen atoms in total. The van der Waals surface area contributed by atoms with E-state index in [0.717, 1.165) is 50.3 Å². The molecule has 0 bridgehead atoms. The highest BCUT2D eigenvalue weighted by Gasteiger charge is 2.29. The molecule has 1 unspecified atom stereocenters. The molecule has 4 rings (SSSR count). The molecule has 6 heteroatoms. The lowest BCUT2D eigenvalue weighted by molar-refractivity contribution is 0.146. The molecule has 2 N–H and O–H groups in total. The van der Waals surface area contributed by atoms with E-state index in [1.165, 1.54) is 6.07 Å². The zero-order valence-electron chi connectivity index (χ0n) is 12.9. The van der Waals surface area contributed by atoms with Crippen LogP contribution in [0.3, 0.4) is 0 Å². The third kappa shape index (κ3) is 2.48. The summed E-state index contributed by atoms with van der Waals surface area (Å²) in [5, 5.41) is 13.7.